The summed E-state index contributed by atoms with van der Waals surface area (Å²) in [5.41, 5.74) is 2.74. The molecule has 0 aliphatic carbocycles. The summed E-state index contributed by atoms with van der Waals surface area (Å²) >= 11 is 3.52. The van der Waals surface area contributed by atoms with Gasteiger partial charge in [-0.2, -0.15) is 0 Å². The molecule has 1 amide bonds. The lowest BCUT2D eigenvalue weighted by Gasteiger charge is -2.16. The third-order valence-electron chi connectivity index (χ3n) is 3.65. The molecule has 0 bridgehead atoms. The molecule has 0 aliphatic rings. The highest BCUT2D eigenvalue weighted by Gasteiger charge is 2.11. The van der Waals surface area contributed by atoms with Crippen LogP contribution in [0.3, 0.4) is 0 Å². The van der Waals surface area contributed by atoms with Gasteiger partial charge in [0.25, 0.3) is 5.91 Å². The maximum absolute atomic E-state index is 12.3. The fraction of sp³-hybridized carbons (Fsp3) is 0.333. The van der Waals surface area contributed by atoms with Crippen molar-refractivity contribution in [2.45, 2.75) is 26.7 Å². The molecule has 0 saturated carbocycles. The third-order valence-corrected chi connectivity index (χ3v) is 4.50. The van der Waals surface area contributed by atoms with Gasteiger partial charge in [-0.1, -0.05) is 35.3 Å². The van der Waals surface area contributed by atoms with Crippen LogP contribution < -0.4 is 5.32 Å². The molecule has 0 aliphatic heterocycles. The van der Waals surface area contributed by atoms with Gasteiger partial charge in [0, 0.05) is 29.9 Å². The number of aryl methyl sites for hydroxylation is 1. The first-order valence-electron chi connectivity index (χ1n) is 7.76. The number of carbonyl (C=O) groups is 1. The molecular weight excluding hydrogens is 354 g/mol. The summed E-state index contributed by atoms with van der Waals surface area (Å²) in [6, 6.07) is 9.68. The SMILES string of the molecule is CCCCN(C)C(=O)c1ccc(Nc2ccc(C)c(Br)c2)nc1. The van der Waals surface area contributed by atoms with Gasteiger partial charge >= 0.3 is 0 Å². The fourth-order valence-electron chi connectivity index (χ4n) is 2.13. The Morgan fingerprint density at radius 1 is 1.30 bits per heavy atom. The average Bonchev–Trinajstić information content (AvgIpc) is 2.56. The number of halogens is 1. The Balaban J connectivity index is 2.04. The van der Waals surface area contributed by atoms with Crippen LogP contribution in [0.4, 0.5) is 11.5 Å². The van der Waals surface area contributed by atoms with Gasteiger partial charge in [0.1, 0.15) is 5.82 Å². The van der Waals surface area contributed by atoms with Crippen LogP contribution in [0.15, 0.2) is 41.0 Å². The van der Waals surface area contributed by atoms with Gasteiger partial charge in [-0.25, -0.2) is 4.98 Å². The Morgan fingerprint density at radius 3 is 2.70 bits per heavy atom. The highest BCUT2D eigenvalue weighted by molar-refractivity contribution is 9.10. The molecule has 0 spiro atoms. The van der Waals surface area contributed by atoms with E-state index in [0.29, 0.717) is 11.4 Å². The lowest BCUT2D eigenvalue weighted by molar-refractivity contribution is 0.0793. The number of nitrogens with one attached hydrogen (secondary N) is 1. The topological polar surface area (TPSA) is 45.2 Å². The number of unbranched alkanes of at least 4 members (excludes halogenated alkanes) is 1. The van der Waals surface area contributed by atoms with Gasteiger partial charge < -0.3 is 10.2 Å². The van der Waals surface area contributed by atoms with E-state index in [9.17, 15) is 4.79 Å². The number of nitrogens with zero attached hydrogens (tertiary/aromatic N) is 2. The van der Waals surface area contributed by atoms with Gasteiger partial charge in [0.05, 0.1) is 5.56 Å². The van der Waals surface area contributed by atoms with Crippen LogP contribution in [0.5, 0.6) is 0 Å². The van der Waals surface area contributed by atoms with Crippen LogP contribution in [0, 0.1) is 6.92 Å². The lowest BCUT2D eigenvalue weighted by atomic mass is 10.2. The van der Waals surface area contributed by atoms with Crippen molar-refractivity contribution in [3.63, 3.8) is 0 Å². The molecule has 1 N–H and O–H groups in total. The van der Waals surface area contributed by atoms with Crippen molar-refractivity contribution in [2.24, 2.45) is 0 Å². The van der Waals surface area contributed by atoms with Crippen molar-refractivity contribution in [2.75, 3.05) is 18.9 Å². The highest BCUT2D eigenvalue weighted by atomic mass is 79.9. The maximum Gasteiger partial charge on any atom is 0.255 e. The number of hydrogen-bond acceptors (Lipinski definition) is 3. The van der Waals surface area contributed by atoms with E-state index in [1.54, 1.807) is 11.1 Å². The maximum atomic E-state index is 12.3. The Morgan fingerprint density at radius 2 is 2.09 bits per heavy atom. The number of aromatic nitrogens is 1. The van der Waals surface area contributed by atoms with Crippen LogP contribution in [0.2, 0.25) is 0 Å². The Labute approximate surface area is 146 Å². The number of pyridine rings is 1. The molecule has 0 saturated heterocycles. The number of carbonyl (C=O) groups excluding carboxylic acids is 1. The van der Waals surface area contributed by atoms with Gasteiger partial charge in [-0.3, -0.25) is 4.79 Å². The van der Waals surface area contributed by atoms with Crippen LogP contribution in [-0.2, 0) is 0 Å². The summed E-state index contributed by atoms with van der Waals surface area (Å²) in [4.78, 5) is 18.3. The molecule has 122 valence electrons. The Bertz CT molecular complexity index is 670. The summed E-state index contributed by atoms with van der Waals surface area (Å²) < 4.78 is 1.05. The summed E-state index contributed by atoms with van der Waals surface area (Å²) in [5, 5.41) is 3.24. The molecule has 0 radical (unpaired) electrons. The van der Waals surface area contributed by atoms with Crippen molar-refractivity contribution in [3.8, 4) is 0 Å². The Kier molecular flexibility index (Phi) is 6.16. The summed E-state index contributed by atoms with van der Waals surface area (Å²) in [7, 11) is 1.83. The zero-order chi connectivity index (χ0) is 16.8. The van der Waals surface area contributed by atoms with E-state index < -0.39 is 0 Å². The molecule has 4 nitrogen and oxygen atoms in total. The molecule has 0 atom stereocenters. The first kappa shape index (κ1) is 17.5. The minimum atomic E-state index is 0.00980. The number of amides is 1. The first-order valence-corrected chi connectivity index (χ1v) is 8.55. The molecule has 0 fully saturated rings. The molecule has 23 heavy (non-hydrogen) atoms. The van der Waals surface area contributed by atoms with Gasteiger partial charge in [-0.15, -0.1) is 0 Å². The van der Waals surface area contributed by atoms with Gasteiger partial charge in [0.2, 0.25) is 0 Å². The van der Waals surface area contributed by atoms with Gasteiger partial charge in [-0.05, 0) is 43.2 Å². The van der Waals surface area contributed by atoms with E-state index in [1.807, 2.05) is 44.3 Å². The van der Waals surface area contributed by atoms with E-state index in [0.717, 1.165) is 29.5 Å². The van der Waals surface area contributed by atoms with Gasteiger partial charge in [0.15, 0.2) is 0 Å². The second-order valence-corrected chi connectivity index (χ2v) is 6.46. The van der Waals surface area contributed by atoms with E-state index in [2.05, 4.69) is 33.2 Å². The van der Waals surface area contributed by atoms with Crippen LogP contribution in [-0.4, -0.2) is 29.4 Å². The van der Waals surface area contributed by atoms with Crippen molar-refractivity contribution in [1.82, 2.24) is 9.88 Å². The summed E-state index contributed by atoms with van der Waals surface area (Å²) in [6.07, 6.45) is 3.71. The Hall–Kier alpha value is -1.88. The zero-order valence-electron chi connectivity index (χ0n) is 13.8. The van der Waals surface area contributed by atoms with E-state index in [1.165, 1.54) is 5.56 Å². The smallest absolute Gasteiger partial charge is 0.255 e. The predicted molar refractivity (Wildman–Crippen MR) is 98.3 cm³/mol. The normalized spacial score (nSPS) is 10.4. The molecule has 2 aromatic rings. The zero-order valence-corrected chi connectivity index (χ0v) is 15.4. The van der Waals surface area contributed by atoms with E-state index in [4.69, 9.17) is 0 Å². The molecule has 0 unspecified atom stereocenters. The molecule has 1 aromatic heterocycles. The van der Waals surface area contributed by atoms with Crippen molar-refractivity contribution >= 4 is 33.3 Å². The second-order valence-electron chi connectivity index (χ2n) is 5.60. The number of anilines is 2. The van der Waals surface area contributed by atoms with Crippen molar-refractivity contribution in [3.05, 3.63) is 52.1 Å². The molecular formula is C18H22BrN3O. The number of rotatable bonds is 6. The minimum Gasteiger partial charge on any atom is -0.342 e. The number of hydrogen-bond donors (Lipinski definition) is 1. The quantitative estimate of drug-likeness (QED) is 0.790. The molecule has 1 heterocycles. The predicted octanol–water partition coefficient (Wildman–Crippen LogP) is 4.77. The molecule has 2 rings (SSSR count). The second kappa shape index (κ2) is 8.11. The van der Waals surface area contributed by atoms with Crippen molar-refractivity contribution in [1.29, 1.82) is 0 Å². The van der Waals surface area contributed by atoms with Crippen LogP contribution in [0.25, 0.3) is 0 Å². The fourth-order valence-corrected chi connectivity index (χ4v) is 2.51. The highest BCUT2D eigenvalue weighted by Crippen LogP contribution is 2.23. The van der Waals surface area contributed by atoms with Crippen LogP contribution in [0.1, 0.15) is 35.7 Å². The van der Waals surface area contributed by atoms with Crippen LogP contribution >= 0.6 is 15.9 Å². The molecule has 1 aromatic carbocycles. The lowest BCUT2D eigenvalue weighted by Crippen LogP contribution is -2.27. The van der Waals surface area contributed by atoms with Crippen molar-refractivity contribution < 1.29 is 4.79 Å². The minimum absolute atomic E-state index is 0.00980. The average molecular weight is 376 g/mol. The standard InChI is InChI=1S/C18H22BrN3O/c1-4-5-10-22(3)18(23)14-7-9-17(20-12-14)21-15-8-6-13(2)16(19)11-15/h6-9,11-12H,4-5,10H2,1-3H3,(H,20,21). The largest absolute Gasteiger partial charge is 0.342 e. The summed E-state index contributed by atoms with van der Waals surface area (Å²) in [5.74, 6) is 0.726. The summed E-state index contributed by atoms with van der Waals surface area (Å²) in [6.45, 7) is 4.93. The third kappa shape index (κ3) is 4.79. The first-order chi connectivity index (χ1) is 11.0. The monoisotopic (exact) mass is 375 g/mol. The molecule has 5 heteroatoms. The number of benzene rings is 1. The van der Waals surface area contributed by atoms with E-state index in [-0.39, 0.29) is 5.91 Å². The van der Waals surface area contributed by atoms with E-state index >= 15 is 0 Å².